The second-order valence-electron chi connectivity index (χ2n) is 4.19. The molecular formula is C11H11ClN2O2S. The zero-order valence-electron chi connectivity index (χ0n) is 9.14. The molecule has 2 rings (SSSR count). The molecule has 0 aliphatic heterocycles. The van der Waals surface area contributed by atoms with Crippen molar-refractivity contribution in [3.63, 3.8) is 0 Å². The van der Waals surface area contributed by atoms with Crippen molar-refractivity contribution in [3.05, 3.63) is 28.8 Å². The number of hydrogen-bond acceptors (Lipinski definition) is 3. The van der Waals surface area contributed by atoms with Crippen LogP contribution in [0.25, 0.3) is 0 Å². The van der Waals surface area contributed by atoms with Crippen LogP contribution in [0.4, 0.5) is 0 Å². The van der Waals surface area contributed by atoms with Crippen LogP contribution in [-0.4, -0.2) is 14.5 Å². The molecule has 1 aliphatic carbocycles. The summed E-state index contributed by atoms with van der Waals surface area (Å²) in [4.78, 5) is 0.0978. The summed E-state index contributed by atoms with van der Waals surface area (Å²) >= 11 is 5.80. The molecule has 90 valence electrons. The fourth-order valence-electron chi connectivity index (χ4n) is 1.51. The summed E-state index contributed by atoms with van der Waals surface area (Å²) in [5.74, 6) is 0.388. The molecular weight excluding hydrogens is 260 g/mol. The van der Waals surface area contributed by atoms with Crippen LogP contribution in [0.15, 0.2) is 23.1 Å². The van der Waals surface area contributed by atoms with E-state index >= 15 is 0 Å². The third-order valence-electron chi connectivity index (χ3n) is 2.79. The molecule has 1 fully saturated rings. The van der Waals surface area contributed by atoms with Crippen LogP contribution in [0.2, 0.25) is 5.02 Å². The van der Waals surface area contributed by atoms with Crippen molar-refractivity contribution < 1.29 is 8.42 Å². The smallest absolute Gasteiger partial charge is 0.208 e. The van der Waals surface area contributed by atoms with Gasteiger partial charge < -0.3 is 0 Å². The number of nitrogens with zero attached hydrogens (tertiary/aromatic N) is 1. The van der Waals surface area contributed by atoms with E-state index in [1.807, 2.05) is 13.0 Å². The third-order valence-corrected chi connectivity index (χ3v) is 4.59. The van der Waals surface area contributed by atoms with Gasteiger partial charge in [0.1, 0.15) is 6.07 Å². The summed E-state index contributed by atoms with van der Waals surface area (Å²) in [5, 5.41) is 8.85. The lowest BCUT2D eigenvalue weighted by atomic mass is 10.2. The molecule has 1 aromatic rings. The molecule has 2 unspecified atom stereocenters. The van der Waals surface area contributed by atoms with Gasteiger partial charge in [0.25, 0.3) is 0 Å². The van der Waals surface area contributed by atoms with Crippen molar-refractivity contribution in [1.29, 1.82) is 5.26 Å². The Bertz CT molecular complexity index is 592. The fraction of sp³-hybridized carbons (Fsp3) is 0.364. The Labute approximate surface area is 105 Å². The van der Waals surface area contributed by atoms with Gasteiger partial charge in [0.05, 0.1) is 15.5 Å². The van der Waals surface area contributed by atoms with E-state index < -0.39 is 10.0 Å². The molecule has 0 saturated heterocycles. The highest BCUT2D eigenvalue weighted by molar-refractivity contribution is 7.89. The van der Waals surface area contributed by atoms with Crippen LogP contribution in [-0.2, 0) is 10.0 Å². The largest absolute Gasteiger partial charge is 0.240 e. The summed E-state index contributed by atoms with van der Waals surface area (Å²) in [6, 6.07) is 6.01. The second kappa shape index (κ2) is 4.30. The molecule has 1 aromatic carbocycles. The van der Waals surface area contributed by atoms with Crippen molar-refractivity contribution in [2.75, 3.05) is 0 Å². The highest BCUT2D eigenvalue weighted by Crippen LogP contribution is 2.31. The molecule has 0 aromatic heterocycles. The van der Waals surface area contributed by atoms with E-state index in [9.17, 15) is 8.42 Å². The van der Waals surface area contributed by atoms with Gasteiger partial charge in [-0.15, -0.1) is 0 Å². The van der Waals surface area contributed by atoms with Gasteiger partial charge in [-0.25, -0.2) is 13.1 Å². The topological polar surface area (TPSA) is 70.0 Å². The minimum absolute atomic E-state index is 0.0226. The first-order valence-corrected chi connectivity index (χ1v) is 7.02. The Balaban J connectivity index is 2.28. The van der Waals surface area contributed by atoms with Crippen LogP contribution in [0.5, 0.6) is 0 Å². The molecule has 4 nitrogen and oxygen atoms in total. The maximum atomic E-state index is 11.9. The number of hydrogen-bond donors (Lipinski definition) is 1. The predicted molar refractivity (Wildman–Crippen MR) is 64.1 cm³/mol. The molecule has 2 atom stereocenters. The number of halogens is 1. The summed E-state index contributed by atoms with van der Waals surface area (Å²) in [6.45, 7) is 1.99. The van der Waals surface area contributed by atoms with Crippen LogP contribution in [0, 0.1) is 17.2 Å². The van der Waals surface area contributed by atoms with E-state index in [-0.39, 0.29) is 21.5 Å². The average Bonchev–Trinajstić information content (AvgIpc) is 2.93. The van der Waals surface area contributed by atoms with Gasteiger partial charge in [-0.1, -0.05) is 18.5 Å². The molecule has 6 heteroatoms. The lowest BCUT2D eigenvalue weighted by molar-refractivity contribution is 0.578. The monoisotopic (exact) mass is 270 g/mol. The van der Waals surface area contributed by atoms with Crippen molar-refractivity contribution in [2.45, 2.75) is 24.3 Å². The first-order valence-electron chi connectivity index (χ1n) is 5.16. The standard InChI is InChI=1S/C11H11ClN2O2S/c1-7-4-11(7)14-17(15,16)9-3-2-8(6-13)10(12)5-9/h2-3,5,7,11,14H,4H2,1H3. The molecule has 17 heavy (non-hydrogen) atoms. The van der Waals surface area contributed by atoms with E-state index in [4.69, 9.17) is 16.9 Å². The lowest BCUT2D eigenvalue weighted by Gasteiger charge is -2.06. The van der Waals surface area contributed by atoms with Gasteiger partial charge in [0.2, 0.25) is 10.0 Å². The summed E-state index contributed by atoms with van der Waals surface area (Å²) in [6.07, 6.45) is 0.864. The highest BCUT2D eigenvalue weighted by Gasteiger charge is 2.36. The maximum absolute atomic E-state index is 11.9. The Kier molecular flexibility index (Phi) is 3.13. The Morgan fingerprint density at radius 3 is 2.65 bits per heavy atom. The minimum atomic E-state index is -3.52. The van der Waals surface area contributed by atoms with Gasteiger partial charge in [0, 0.05) is 6.04 Å². The first-order chi connectivity index (χ1) is 7.94. The molecule has 1 aliphatic rings. The quantitative estimate of drug-likeness (QED) is 0.912. The zero-order chi connectivity index (χ0) is 12.6. The van der Waals surface area contributed by atoms with Crippen LogP contribution in [0.3, 0.4) is 0 Å². The zero-order valence-corrected chi connectivity index (χ0v) is 10.7. The van der Waals surface area contributed by atoms with Crippen LogP contribution >= 0.6 is 11.6 Å². The van der Waals surface area contributed by atoms with E-state index in [0.29, 0.717) is 5.92 Å². The minimum Gasteiger partial charge on any atom is -0.208 e. The van der Waals surface area contributed by atoms with Crippen molar-refractivity contribution in [2.24, 2.45) is 5.92 Å². The lowest BCUT2D eigenvalue weighted by Crippen LogP contribution is -2.26. The molecule has 0 bridgehead atoms. The molecule has 0 amide bonds. The van der Waals surface area contributed by atoms with E-state index in [0.717, 1.165) is 6.42 Å². The average molecular weight is 271 g/mol. The fourth-order valence-corrected chi connectivity index (χ4v) is 3.18. The van der Waals surface area contributed by atoms with Gasteiger partial charge in [-0.2, -0.15) is 5.26 Å². The van der Waals surface area contributed by atoms with Gasteiger partial charge in [0.15, 0.2) is 0 Å². The van der Waals surface area contributed by atoms with Crippen molar-refractivity contribution in [1.82, 2.24) is 4.72 Å². The SMILES string of the molecule is CC1CC1NS(=O)(=O)c1ccc(C#N)c(Cl)c1. The summed E-state index contributed by atoms with van der Waals surface area (Å²) in [7, 11) is -3.52. The van der Waals surface area contributed by atoms with Crippen molar-refractivity contribution in [3.8, 4) is 6.07 Å². The predicted octanol–water partition coefficient (Wildman–Crippen LogP) is 1.90. The normalized spacial score (nSPS) is 23.1. The number of sulfonamides is 1. The number of rotatable bonds is 3. The first kappa shape index (κ1) is 12.4. The second-order valence-corrected chi connectivity index (χ2v) is 6.32. The van der Waals surface area contributed by atoms with E-state index in [2.05, 4.69) is 4.72 Å². The Morgan fingerprint density at radius 1 is 1.53 bits per heavy atom. The molecule has 1 saturated carbocycles. The molecule has 1 N–H and O–H groups in total. The van der Waals surface area contributed by atoms with Gasteiger partial charge >= 0.3 is 0 Å². The molecule has 0 radical (unpaired) electrons. The maximum Gasteiger partial charge on any atom is 0.240 e. The third kappa shape index (κ3) is 2.60. The van der Waals surface area contributed by atoms with Crippen LogP contribution in [0.1, 0.15) is 18.9 Å². The van der Waals surface area contributed by atoms with E-state index in [1.165, 1.54) is 18.2 Å². The van der Waals surface area contributed by atoms with Gasteiger partial charge in [-0.05, 0) is 30.5 Å². The number of nitrogens with one attached hydrogen (secondary N) is 1. The van der Waals surface area contributed by atoms with Gasteiger partial charge in [-0.3, -0.25) is 0 Å². The summed E-state index contributed by atoms with van der Waals surface area (Å²) < 4.78 is 26.4. The number of benzene rings is 1. The molecule has 0 spiro atoms. The van der Waals surface area contributed by atoms with Crippen molar-refractivity contribution >= 4 is 21.6 Å². The van der Waals surface area contributed by atoms with E-state index in [1.54, 1.807) is 0 Å². The molecule has 0 heterocycles. The highest BCUT2D eigenvalue weighted by atomic mass is 35.5. The number of nitriles is 1. The Hall–Kier alpha value is -1.09. The summed E-state index contributed by atoms with van der Waals surface area (Å²) in [5.41, 5.74) is 0.269. The van der Waals surface area contributed by atoms with Crippen LogP contribution < -0.4 is 4.72 Å². The Morgan fingerprint density at radius 2 is 2.18 bits per heavy atom.